The molecule has 0 spiro atoms. The Morgan fingerprint density at radius 2 is 0.762 bits per heavy atom. The maximum absolute atomic E-state index is 8.25. The molecule has 10 nitrogen and oxygen atoms in total. The van der Waals surface area contributed by atoms with E-state index in [9.17, 15) is 0 Å². The van der Waals surface area contributed by atoms with Crippen molar-refractivity contribution in [1.29, 1.82) is 0 Å². The van der Waals surface area contributed by atoms with Gasteiger partial charge < -0.3 is 30.6 Å². The van der Waals surface area contributed by atoms with Crippen LogP contribution in [-0.2, 0) is 17.1 Å². The number of hydrogen-bond acceptors (Lipinski definition) is 8. The zero-order valence-corrected chi connectivity index (χ0v) is 11.3. The Morgan fingerprint density at radius 1 is 0.571 bits per heavy atom. The molecule has 0 amide bonds. The number of rotatable bonds is 0. The summed E-state index contributed by atoms with van der Waals surface area (Å²) in [6, 6.07) is 11.4. The Hall–Kier alpha value is -2.78. The molecule has 0 aliphatic carbocycles. The molecule has 0 aromatic carbocycles. The van der Waals surface area contributed by atoms with Crippen LogP contribution in [0.3, 0.4) is 0 Å². The molecule has 0 saturated carbocycles. The van der Waals surface area contributed by atoms with Crippen LogP contribution in [0.1, 0.15) is 0 Å². The van der Waals surface area contributed by atoms with E-state index < -0.39 is 10.2 Å². The van der Waals surface area contributed by atoms with E-state index in [1.54, 1.807) is 24.8 Å². The van der Waals surface area contributed by atoms with Gasteiger partial charge in [0.15, 0.2) is 0 Å². The van der Waals surface area contributed by atoms with E-state index in [0.717, 1.165) is 0 Å². The van der Waals surface area contributed by atoms with E-state index in [2.05, 4.69) is 9.97 Å². The summed E-state index contributed by atoms with van der Waals surface area (Å²) < 4.78 is 0. The van der Waals surface area contributed by atoms with Crippen molar-refractivity contribution in [3.63, 3.8) is 0 Å². The van der Waals surface area contributed by atoms with Crippen LogP contribution in [0.25, 0.3) is 0 Å². The van der Waals surface area contributed by atoms with Crippen LogP contribution in [0, 0.1) is 30.6 Å². The minimum Gasteiger partial charge on any atom is -0.356 e. The second-order valence-corrected chi connectivity index (χ2v) is 2.50. The molecule has 0 aliphatic rings. The summed E-state index contributed by atoms with van der Waals surface area (Å²) in [6.45, 7) is 0. The number of pyridine rings is 2. The van der Waals surface area contributed by atoms with Gasteiger partial charge in [-0.1, -0.05) is 12.1 Å². The van der Waals surface area contributed by atoms with Gasteiger partial charge in [-0.15, -0.1) is 0 Å². The monoisotopic (exact) mass is 345 g/mol. The maximum atomic E-state index is 8.25. The predicted molar refractivity (Wildman–Crippen MR) is 69.2 cm³/mol. The fourth-order valence-electron chi connectivity index (χ4n) is 0.625. The molecule has 2 rings (SSSR count). The van der Waals surface area contributed by atoms with Gasteiger partial charge in [-0.05, 0) is 24.3 Å². The Morgan fingerprint density at radius 3 is 0.810 bits per heavy atom. The van der Waals surface area contributed by atoms with Gasteiger partial charge in [0.25, 0.3) is 0 Å². The largest absolute Gasteiger partial charge is 2.00 e. The predicted octanol–water partition coefficient (Wildman–Crippen LogP) is 1.68. The smallest absolute Gasteiger partial charge is 0.356 e. The molecule has 117 valence electrons. The van der Waals surface area contributed by atoms with Crippen molar-refractivity contribution in [2.24, 2.45) is 0 Å². The topological polar surface area (TPSA) is 158 Å². The second kappa shape index (κ2) is 19.6. The third-order valence-electron chi connectivity index (χ3n) is 1.13. The van der Waals surface area contributed by atoms with Crippen molar-refractivity contribution in [3.8, 4) is 0 Å². The van der Waals surface area contributed by atoms with Crippen molar-refractivity contribution >= 4 is 0 Å². The van der Waals surface area contributed by atoms with E-state index in [1.165, 1.54) is 0 Å². The number of aromatic nitrogens is 2. The minimum absolute atomic E-state index is 0. The summed E-state index contributed by atoms with van der Waals surface area (Å²) in [5.74, 6) is 0. The number of nitrogens with zero attached hydrogens (tertiary/aromatic N) is 4. The zero-order chi connectivity index (χ0) is 15.6. The fraction of sp³-hybridized carbons (Fsp3) is 0. The Bertz CT molecular complexity index is 343. The molecule has 11 heteroatoms. The molecule has 0 fully saturated rings. The van der Waals surface area contributed by atoms with Crippen molar-refractivity contribution in [3.05, 3.63) is 91.8 Å². The van der Waals surface area contributed by atoms with Gasteiger partial charge in [0.1, 0.15) is 0 Å². The molecule has 0 saturated heterocycles. The van der Waals surface area contributed by atoms with Crippen LogP contribution >= 0.6 is 0 Å². The van der Waals surface area contributed by atoms with Crippen LogP contribution in [0.4, 0.5) is 0 Å². The van der Waals surface area contributed by atoms with E-state index >= 15 is 0 Å². The molecule has 0 N–H and O–H groups in total. The Kier molecular flexibility index (Phi) is 21.7. The first-order valence-corrected chi connectivity index (χ1v) is 4.79. The average Bonchev–Trinajstić information content (AvgIpc) is 2.42. The molecule has 0 bridgehead atoms. The maximum Gasteiger partial charge on any atom is 2.00 e. The first-order chi connectivity index (χ1) is 9.46. The van der Waals surface area contributed by atoms with Crippen LogP contribution in [0.15, 0.2) is 61.2 Å². The molecule has 21 heavy (non-hydrogen) atoms. The van der Waals surface area contributed by atoms with Gasteiger partial charge in [-0.3, -0.25) is 9.97 Å². The van der Waals surface area contributed by atoms with Crippen molar-refractivity contribution in [2.75, 3.05) is 0 Å². The van der Waals surface area contributed by atoms with Gasteiger partial charge >= 0.3 is 17.1 Å². The van der Waals surface area contributed by atoms with E-state index in [4.69, 9.17) is 30.6 Å². The summed E-state index contributed by atoms with van der Waals surface area (Å²) >= 11 is 0. The van der Waals surface area contributed by atoms with Gasteiger partial charge in [-0.25, -0.2) is 0 Å². The van der Waals surface area contributed by atoms with Crippen LogP contribution < -0.4 is 0 Å². The van der Waals surface area contributed by atoms with Crippen molar-refractivity contribution in [1.82, 2.24) is 9.97 Å². The quantitative estimate of drug-likeness (QED) is 0.396. The Labute approximate surface area is 129 Å². The van der Waals surface area contributed by atoms with Crippen molar-refractivity contribution in [2.45, 2.75) is 0 Å². The van der Waals surface area contributed by atoms with Crippen molar-refractivity contribution < 1.29 is 27.2 Å². The summed E-state index contributed by atoms with van der Waals surface area (Å²) in [7, 11) is 0. The summed E-state index contributed by atoms with van der Waals surface area (Å²) in [5.41, 5.74) is 0. The summed E-state index contributed by atoms with van der Waals surface area (Å²) in [4.78, 5) is 24.1. The third kappa shape index (κ3) is 46.9. The summed E-state index contributed by atoms with van der Waals surface area (Å²) in [6.07, 6.45) is 7.00. The van der Waals surface area contributed by atoms with E-state index in [-0.39, 0.29) is 17.1 Å². The molecule has 2 heterocycles. The molecule has 2 aromatic heterocycles. The molecule has 0 unspecified atom stereocenters. The average molecular weight is 346 g/mol. The van der Waals surface area contributed by atoms with Gasteiger partial charge in [0, 0.05) is 24.8 Å². The summed E-state index contributed by atoms with van der Waals surface area (Å²) in [5, 5.41) is 29.5. The Balaban J connectivity index is -0.000000208. The molecule has 2 aromatic rings. The van der Waals surface area contributed by atoms with Crippen LogP contribution in [-0.4, -0.2) is 20.1 Å². The molecule has 1 radical (unpaired) electrons. The zero-order valence-electron chi connectivity index (χ0n) is 10.3. The van der Waals surface area contributed by atoms with Crippen LogP contribution in [0.2, 0.25) is 0 Å². The molecular weight excluding hydrogens is 336 g/mol. The standard InChI is InChI=1S/2C5H5N.Cu.2NO3/c2*1-2-4-6-5-3-1;;2*2-1(3)4/h2*1-5H;;;/q;;+2;2*-1. The first-order valence-electron chi connectivity index (χ1n) is 4.79. The molecular formula is C10H10CuN4O6. The third-order valence-corrected chi connectivity index (χ3v) is 1.13. The van der Waals surface area contributed by atoms with Gasteiger partial charge in [0.05, 0.1) is 10.2 Å². The van der Waals surface area contributed by atoms with E-state index in [0.29, 0.717) is 0 Å². The fourth-order valence-corrected chi connectivity index (χ4v) is 0.625. The molecule has 0 aliphatic heterocycles. The second-order valence-electron chi connectivity index (χ2n) is 2.50. The normalized spacial score (nSPS) is 6.86. The minimum atomic E-state index is -1.75. The van der Waals surface area contributed by atoms with Gasteiger partial charge in [0.2, 0.25) is 0 Å². The van der Waals surface area contributed by atoms with Gasteiger partial charge in [-0.2, -0.15) is 0 Å². The van der Waals surface area contributed by atoms with Crippen LogP contribution in [0.5, 0.6) is 0 Å². The van der Waals surface area contributed by atoms with E-state index in [1.807, 2.05) is 36.4 Å². The number of hydrogen-bond donors (Lipinski definition) is 0. The SMILES string of the molecule is O=[N+]([O-])[O-].O=[N+]([O-])[O-].[Cu+2].c1ccncc1.c1ccncc1. The first kappa shape index (κ1) is 23.3. The molecule has 0 atom stereocenters.